The molecule has 9 nitrogen and oxygen atoms in total. The van der Waals surface area contributed by atoms with Crippen LogP contribution in [-0.2, 0) is 9.59 Å². The van der Waals surface area contributed by atoms with Gasteiger partial charge in [0.2, 0.25) is 11.8 Å². The van der Waals surface area contributed by atoms with Gasteiger partial charge in [-0.05, 0) is 44.7 Å². The molecular weight excluding hydrogens is 398 g/mol. The molecule has 0 aromatic heterocycles. The van der Waals surface area contributed by atoms with Crippen molar-refractivity contribution in [1.29, 1.82) is 0 Å². The Bertz CT molecular complexity index is 824. The fraction of sp³-hybridized carbons (Fsp3) is 0.636. The number of piperazine rings is 2. The van der Waals surface area contributed by atoms with Gasteiger partial charge < -0.3 is 14.7 Å². The Morgan fingerprint density at radius 2 is 1.77 bits per heavy atom. The molecule has 3 aliphatic heterocycles. The summed E-state index contributed by atoms with van der Waals surface area (Å²) in [4.78, 5) is 43.8. The first-order chi connectivity index (χ1) is 15.0. The highest BCUT2D eigenvalue weighted by atomic mass is 16.6. The summed E-state index contributed by atoms with van der Waals surface area (Å²) < 4.78 is 0. The van der Waals surface area contributed by atoms with Crippen molar-refractivity contribution in [3.05, 3.63) is 34.4 Å². The zero-order valence-electron chi connectivity index (χ0n) is 17.9. The van der Waals surface area contributed by atoms with Crippen LogP contribution in [0.1, 0.15) is 32.1 Å². The SMILES string of the molecule is O=C1C2CCCCN2C(=O)CN1CCCCN1CCN(c2cccc([N+](=O)[O-])c2)CC1. The first-order valence-electron chi connectivity index (χ1n) is 11.3. The van der Waals surface area contributed by atoms with Crippen LogP contribution in [0, 0.1) is 10.1 Å². The maximum atomic E-state index is 12.7. The van der Waals surface area contributed by atoms with E-state index in [4.69, 9.17) is 0 Å². The van der Waals surface area contributed by atoms with Crippen molar-refractivity contribution in [2.24, 2.45) is 0 Å². The van der Waals surface area contributed by atoms with Gasteiger partial charge in [-0.2, -0.15) is 0 Å². The third kappa shape index (κ3) is 4.98. The summed E-state index contributed by atoms with van der Waals surface area (Å²) in [7, 11) is 0. The van der Waals surface area contributed by atoms with Crippen LogP contribution in [0.3, 0.4) is 0 Å². The molecular formula is C22H31N5O4. The molecule has 1 atom stereocenters. The molecule has 4 rings (SSSR count). The molecule has 1 aromatic carbocycles. The molecule has 0 aliphatic carbocycles. The Labute approximate surface area is 182 Å². The third-order valence-electron chi connectivity index (χ3n) is 6.68. The Kier molecular flexibility index (Phi) is 6.70. The maximum absolute atomic E-state index is 12.7. The van der Waals surface area contributed by atoms with Gasteiger partial charge in [-0.25, -0.2) is 0 Å². The van der Waals surface area contributed by atoms with Crippen molar-refractivity contribution < 1.29 is 14.5 Å². The van der Waals surface area contributed by atoms with Crippen LogP contribution in [0.15, 0.2) is 24.3 Å². The van der Waals surface area contributed by atoms with E-state index in [0.29, 0.717) is 6.54 Å². The van der Waals surface area contributed by atoms with E-state index in [-0.39, 0.29) is 35.0 Å². The zero-order chi connectivity index (χ0) is 21.8. The summed E-state index contributed by atoms with van der Waals surface area (Å²) in [5.74, 6) is 0.228. The number of carbonyl (C=O) groups is 2. The molecule has 3 aliphatic rings. The monoisotopic (exact) mass is 429 g/mol. The molecule has 3 saturated heterocycles. The van der Waals surface area contributed by atoms with Gasteiger partial charge in [0.05, 0.1) is 11.5 Å². The molecule has 0 radical (unpaired) electrons. The van der Waals surface area contributed by atoms with Crippen LogP contribution < -0.4 is 4.90 Å². The lowest BCUT2D eigenvalue weighted by atomic mass is 9.98. The molecule has 168 valence electrons. The number of non-ortho nitro benzene ring substituents is 1. The molecule has 9 heteroatoms. The van der Waals surface area contributed by atoms with Crippen LogP contribution in [0.2, 0.25) is 0 Å². The second-order valence-electron chi connectivity index (χ2n) is 8.67. The number of benzene rings is 1. The average molecular weight is 430 g/mol. The first-order valence-corrected chi connectivity index (χ1v) is 11.3. The number of nitro groups is 1. The molecule has 3 heterocycles. The Morgan fingerprint density at radius 3 is 2.55 bits per heavy atom. The van der Waals surface area contributed by atoms with Gasteiger partial charge in [0.25, 0.3) is 5.69 Å². The molecule has 0 bridgehead atoms. The van der Waals surface area contributed by atoms with Crippen molar-refractivity contribution in [2.45, 2.75) is 38.1 Å². The van der Waals surface area contributed by atoms with Crippen LogP contribution in [0.4, 0.5) is 11.4 Å². The van der Waals surface area contributed by atoms with Crippen molar-refractivity contribution >= 4 is 23.2 Å². The summed E-state index contributed by atoms with van der Waals surface area (Å²) in [6.07, 6.45) is 4.72. The van der Waals surface area contributed by atoms with E-state index >= 15 is 0 Å². The summed E-state index contributed by atoms with van der Waals surface area (Å²) in [6.45, 7) is 6.11. The molecule has 2 amide bonds. The second-order valence-corrected chi connectivity index (χ2v) is 8.67. The number of amides is 2. The quantitative estimate of drug-likeness (QED) is 0.372. The topological polar surface area (TPSA) is 90.2 Å². The fourth-order valence-electron chi connectivity index (χ4n) is 4.89. The number of nitro benzene ring substituents is 1. The second kappa shape index (κ2) is 9.64. The molecule has 0 saturated carbocycles. The predicted molar refractivity (Wildman–Crippen MR) is 117 cm³/mol. The predicted octanol–water partition coefficient (Wildman–Crippen LogP) is 1.72. The zero-order valence-corrected chi connectivity index (χ0v) is 17.9. The number of fused-ring (bicyclic) bond motifs is 1. The minimum absolute atomic E-state index is 0.0987. The summed E-state index contributed by atoms with van der Waals surface area (Å²) in [5.41, 5.74) is 1.03. The van der Waals surface area contributed by atoms with Crippen LogP contribution in [0.25, 0.3) is 0 Å². The lowest BCUT2D eigenvalue weighted by molar-refractivity contribution is -0.384. The standard InChI is InChI=1S/C22H31N5O4/c28-21-17-25(22(29)20-8-1-2-11-26(20)21)10-4-3-9-23-12-14-24(15-13-23)18-6-5-7-19(16-18)27(30)31/h5-7,16,20H,1-4,8-15,17H2. The largest absolute Gasteiger partial charge is 0.369 e. The molecule has 3 fully saturated rings. The van der Waals surface area contributed by atoms with E-state index in [0.717, 1.165) is 77.1 Å². The number of hydrogen-bond donors (Lipinski definition) is 0. The van der Waals surface area contributed by atoms with E-state index in [1.165, 1.54) is 6.07 Å². The smallest absolute Gasteiger partial charge is 0.271 e. The van der Waals surface area contributed by atoms with Gasteiger partial charge in [-0.1, -0.05) is 6.07 Å². The van der Waals surface area contributed by atoms with E-state index in [1.807, 2.05) is 6.07 Å². The van der Waals surface area contributed by atoms with Gasteiger partial charge in [0, 0.05) is 57.1 Å². The Balaban J connectivity index is 1.18. The number of nitrogens with zero attached hydrogens (tertiary/aromatic N) is 5. The first kappa shape index (κ1) is 21.5. The molecule has 0 N–H and O–H groups in total. The van der Waals surface area contributed by atoms with Gasteiger partial charge in [0.1, 0.15) is 6.04 Å². The minimum Gasteiger partial charge on any atom is -0.369 e. The van der Waals surface area contributed by atoms with E-state index in [1.54, 1.807) is 21.9 Å². The number of unbranched alkanes of at least 4 members (excludes halogenated alkanes) is 1. The highest BCUT2D eigenvalue weighted by molar-refractivity contribution is 5.95. The summed E-state index contributed by atoms with van der Waals surface area (Å²) in [6, 6.07) is 6.59. The van der Waals surface area contributed by atoms with E-state index in [2.05, 4.69) is 9.80 Å². The van der Waals surface area contributed by atoms with Crippen molar-refractivity contribution in [2.75, 3.05) is 57.3 Å². The summed E-state index contributed by atoms with van der Waals surface area (Å²) in [5, 5.41) is 11.0. The van der Waals surface area contributed by atoms with E-state index in [9.17, 15) is 19.7 Å². The third-order valence-corrected chi connectivity index (χ3v) is 6.68. The number of hydrogen-bond acceptors (Lipinski definition) is 6. The van der Waals surface area contributed by atoms with E-state index < -0.39 is 0 Å². The number of piperidine rings is 1. The number of carbonyl (C=O) groups excluding carboxylic acids is 2. The lowest BCUT2D eigenvalue weighted by Gasteiger charge is -2.42. The van der Waals surface area contributed by atoms with Crippen molar-refractivity contribution in [1.82, 2.24) is 14.7 Å². The highest BCUT2D eigenvalue weighted by Crippen LogP contribution is 2.24. The fourth-order valence-corrected chi connectivity index (χ4v) is 4.89. The minimum atomic E-state index is -0.355. The van der Waals surface area contributed by atoms with Gasteiger partial charge >= 0.3 is 0 Å². The average Bonchev–Trinajstić information content (AvgIpc) is 2.80. The maximum Gasteiger partial charge on any atom is 0.271 e. The summed E-state index contributed by atoms with van der Waals surface area (Å²) >= 11 is 0. The molecule has 1 aromatic rings. The lowest BCUT2D eigenvalue weighted by Crippen LogP contribution is -2.61. The molecule has 1 unspecified atom stereocenters. The van der Waals surface area contributed by atoms with Gasteiger partial charge in [-0.15, -0.1) is 0 Å². The highest BCUT2D eigenvalue weighted by Gasteiger charge is 2.39. The van der Waals surface area contributed by atoms with Crippen LogP contribution >= 0.6 is 0 Å². The van der Waals surface area contributed by atoms with Crippen molar-refractivity contribution in [3.63, 3.8) is 0 Å². The molecule has 0 spiro atoms. The van der Waals surface area contributed by atoms with Crippen LogP contribution in [0.5, 0.6) is 0 Å². The normalized spacial score (nSPS) is 22.6. The van der Waals surface area contributed by atoms with Gasteiger partial charge in [0.15, 0.2) is 0 Å². The number of anilines is 1. The van der Waals surface area contributed by atoms with Gasteiger partial charge in [-0.3, -0.25) is 24.6 Å². The molecule has 31 heavy (non-hydrogen) atoms. The Morgan fingerprint density at radius 1 is 1.00 bits per heavy atom. The van der Waals surface area contributed by atoms with Crippen molar-refractivity contribution in [3.8, 4) is 0 Å². The van der Waals surface area contributed by atoms with Crippen LogP contribution in [-0.4, -0.2) is 89.8 Å². The Hall–Kier alpha value is -2.68. The number of rotatable bonds is 7.